The molecule has 2 rings (SSSR count). The second-order valence-corrected chi connectivity index (χ2v) is 3.67. The van der Waals surface area contributed by atoms with E-state index in [1.807, 2.05) is 0 Å². The van der Waals surface area contributed by atoms with Gasteiger partial charge in [-0.05, 0) is 12.1 Å². The van der Waals surface area contributed by atoms with Crippen molar-refractivity contribution >= 4 is 32.9 Å². The molecule has 0 saturated heterocycles. The number of nitrogens with zero attached hydrogens (tertiary/aromatic N) is 1. The van der Waals surface area contributed by atoms with Crippen LogP contribution in [0.5, 0.6) is 5.75 Å². The van der Waals surface area contributed by atoms with Crippen LogP contribution in [0, 0.1) is 0 Å². The Morgan fingerprint density at radius 3 is 3.15 bits per heavy atom. The van der Waals surface area contributed by atoms with Gasteiger partial charge in [-0.2, -0.15) is 0 Å². The average molecular weight is 214 g/mol. The van der Waals surface area contributed by atoms with E-state index in [-0.39, 0.29) is 0 Å². The standard InChI is InChI=1S/C7H5NO3S2/c9-13(10)11-6-3-1-2-5-7(6)12-4-8-5/h1-4H,(H,9,10)/p-1. The minimum Gasteiger partial charge on any atom is -0.740 e. The molecule has 0 amide bonds. The van der Waals surface area contributed by atoms with Crippen molar-refractivity contribution in [3.63, 3.8) is 0 Å². The molecule has 68 valence electrons. The molecule has 0 aliphatic carbocycles. The van der Waals surface area contributed by atoms with Gasteiger partial charge >= 0.3 is 0 Å². The SMILES string of the molecule is O=S([O-])Oc1cccc2ncsc12. The van der Waals surface area contributed by atoms with Crippen LogP contribution in [0.1, 0.15) is 0 Å². The summed E-state index contributed by atoms with van der Waals surface area (Å²) in [4.78, 5) is 4.02. The molecule has 0 aliphatic heterocycles. The van der Waals surface area contributed by atoms with E-state index in [1.165, 1.54) is 11.3 Å². The largest absolute Gasteiger partial charge is 0.740 e. The molecule has 1 unspecified atom stereocenters. The second-order valence-electron chi connectivity index (χ2n) is 2.24. The van der Waals surface area contributed by atoms with Crippen molar-refractivity contribution in [1.29, 1.82) is 0 Å². The Morgan fingerprint density at radius 2 is 2.38 bits per heavy atom. The smallest absolute Gasteiger partial charge is 0.158 e. The molecule has 0 aliphatic rings. The van der Waals surface area contributed by atoms with Gasteiger partial charge < -0.3 is 8.74 Å². The lowest BCUT2D eigenvalue weighted by Gasteiger charge is -2.06. The van der Waals surface area contributed by atoms with Crippen molar-refractivity contribution in [3.8, 4) is 5.75 Å². The number of benzene rings is 1. The normalized spacial score (nSPS) is 13.0. The summed E-state index contributed by atoms with van der Waals surface area (Å²) in [5.41, 5.74) is 2.39. The molecule has 4 nitrogen and oxygen atoms in total. The van der Waals surface area contributed by atoms with Crippen LogP contribution in [0.3, 0.4) is 0 Å². The summed E-state index contributed by atoms with van der Waals surface area (Å²) in [7, 11) is 0. The van der Waals surface area contributed by atoms with Crippen LogP contribution in [0.4, 0.5) is 0 Å². The first kappa shape index (κ1) is 8.61. The van der Waals surface area contributed by atoms with Crippen LogP contribution in [0.15, 0.2) is 23.7 Å². The number of thiazole rings is 1. The van der Waals surface area contributed by atoms with E-state index >= 15 is 0 Å². The number of aromatic nitrogens is 1. The molecule has 0 spiro atoms. The maximum absolute atomic E-state index is 10.3. The van der Waals surface area contributed by atoms with Gasteiger partial charge in [-0.15, -0.1) is 11.3 Å². The monoisotopic (exact) mass is 214 g/mol. The number of hydrogen-bond donors (Lipinski definition) is 0. The van der Waals surface area contributed by atoms with E-state index in [4.69, 9.17) is 0 Å². The highest BCUT2D eigenvalue weighted by molar-refractivity contribution is 7.74. The van der Waals surface area contributed by atoms with Crippen molar-refractivity contribution in [1.82, 2.24) is 4.98 Å². The number of fused-ring (bicyclic) bond motifs is 1. The van der Waals surface area contributed by atoms with E-state index in [1.54, 1.807) is 23.7 Å². The molecule has 1 heterocycles. The zero-order chi connectivity index (χ0) is 9.26. The lowest BCUT2D eigenvalue weighted by molar-refractivity contribution is 0.442. The summed E-state index contributed by atoms with van der Waals surface area (Å²) in [5, 5.41) is 0. The number of rotatable bonds is 2. The summed E-state index contributed by atoms with van der Waals surface area (Å²) in [6.45, 7) is 0. The van der Waals surface area contributed by atoms with Crippen LogP contribution >= 0.6 is 11.3 Å². The Hall–Kier alpha value is -0.980. The van der Waals surface area contributed by atoms with Crippen molar-refractivity contribution in [2.75, 3.05) is 0 Å². The third-order valence-electron chi connectivity index (χ3n) is 1.48. The van der Waals surface area contributed by atoms with Gasteiger partial charge in [0.15, 0.2) is 5.75 Å². The third-order valence-corrected chi connectivity index (χ3v) is 2.65. The van der Waals surface area contributed by atoms with Crippen LogP contribution in [0.25, 0.3) is 10.2 Å². The van der Waals surface area contributed by atoms with Crippen LogP contribution in [-0.4, -0.2) is 13.7 Å². The first-order valence-electron chi connectivity index (χ1n) is 3.37. The maximum atomic E-state index is 10.3. The molecule has 6 heteroatoms. The van der Waals surface area contributed by atoms with E-state index in [9.17, 15) is 8.76 Å². The van der Waals surface area contributed by atoms with Gasteiger partial charge in [0.1, 0.15) is 11.4 Å². The topological polar surface area (TPSA) is 62.2 Å². The fourth-order valence-electron chi connectivity index (χ4n) is 0.999. The van der Waals surface area contributed by atoms with Gasteiger partial charge in [-0.25, -0.2) is 9.19 Å². The van der Waals surface area contributed by atoms with Crippen LogP contribution < -0.4 is 4.18 Å². The van der Waals surface area contributed by atoms with Crippen LogP contribution in [0.2, 0.25) is 0 Å². The Bertz CT molecular complexity index is 454. The summed E-state index contributed by atoms with van der Waals surface area (Å²) in [5.74, 6) is 0.327. The highest BCUT2D eigenvalue weighted by Gasteiger charge is 2.03. The Balaban J connectivity index is 2.54. The fraction of sp³-hybridized carbons (Fsp3) is 0. The van der Waals surface area contributed by atoms with Crippen molar-refractivity contribution in [2.24, 2.45) is 0 Å². The highest BCUT2D eigenvalue weighted by Crippen LogP contribution is 2.28. The summed E-state index contributed by atoms with van der Waals surface area (Å²) in [6.07, 6.45) is 0. The first-order valence-corrected chi connectivity index (χ1v) is 5.25. The summed E-state index contributed by atoms with van der Waals surface area (Å²) >= 11 is -1.18. The number of hydrogen-bond acceptors (Lipinski definition) is 5. The second kappa shape index (κ2) is 3.41. The molecule has 0 radical (unpaired) electrons. The Labute approximate surface area is 80.7 Å². The van der Waals surface area contributed by atoms with Gasteiger partial charge in [0.05, 0.1) is 15.7 Å². The van der Waals surface area contributed by atoms with Gasteiger partial charge in [0, 0.05) is 0 Å². The maximum Gasteiger partial charge on any atom is 0.158 e. The molecular formula is C7H4NO3S2-. The van der Waals surface area contributed by atoms with Gasteiger partial charge in [-0.3, -0.25) is 0 Å². The molecule has 1 aromatic heterocycles. The lowest BCUT2D eigenvalue weighted by Crippen LogP contribution is -1.97. The fourth-order valence-corrected chi connectivity index (χ4v) is 2.08. The van der Waals surface area contributed by atoms with E-state index < -0.39 is 11.4 Å². The van der Waals surface area contributed by atoms with Crippen molar-refractivity contribution in [2.45, 2.75) is 0 Å². The molecule has 0 saturated carbocycles. The third kappa shape index (κ3) is 1.69. The Morgan fingerprint density at radius 1 is 1.54 bits per heavy atom. The lowest BCUT2D eigenvalue weighted by atomic mass is 10.3. The molecule has 0 N–H and O–H groups in total. The predicted molar refractivity (Wildman–Crippen MR) is 49.2 cm³/mol. The summed E-state index contributed by atoms with van der Waals surface area (Å²) in [6, 6.07) is 5.09. The predicted octanol–water partition coefficient (Wildman–Crippen LogP) is 1.47. The van der Waals surface area contributed by atoms with Gasteiger partial charge in [-0.1, -0.05) is 6.07 Å². The van der Waals surface area contributed by atoms with Crippen molar-refractivity contribution in [3.05, 3.63) is 23.7 Å². The van der Waals surface area contributed by atoms with Crippen molar-refractivity contribution < 1.29 is 12.9 Å². The zero-order valence-corrected chi connectivity index (χ0v) is 7.93. The van der Waals surface area contributed by atoms with Gasteiger partial charge in [0.25, 0.3) is 0 Å². The molecule has 2 aromatic rings. The molecule has 0 bridgehead atoms. The Kier molecular flexibility index (Phi) is 2.26. The summed E-state index contributed by atoms with van der Waals surface area (Å²) < 4.78 is 25.9. The minimum atomic E-state index is -2.53. The quantitative estimate of drug-likeness (QED) is 0.710. The molecule has 1 atom stereocenters. The molecule has 1 aromatic carbocycles. The first-order chi connectivity index (χ1) is 6.27. The van der Waals surface area contributed by atoms with E-state index in [0.29, 0.717) is 5.75 Å². The molecule has 0 fully saturated rings. The van der Waals surface area contributed by atoms with Crippen LogP contribution in [-0.2, 0) is 11.4 Å². The van der Waals surface area contributed by atoms with Gasteiger partial charge in [0.2, 0.25) is 0 Å². The average Bonchev–Trinajstić information content (AvgIpc) is 2.51. The molecular weight excluding hydrogens is 210 g/mol. The minimum absolute atomic E-state index is 0.327. The van der Waals surface area contributed by atoms with E-state index in [0.717, 1.165) is 10.2 Å². The van der Waals surface area contributed by atoms with E-state index in [2.05, 4.69) is 9.17 Å². The molecule has 13 heavy (non-hydrogen) atoms. The highest BCUT2D eigenvalue weighted by atomic mass is 32.2. The zero-order valence-electron chi connectivity index (χ0n) is 6.30.